The molecule has 0 aliphatic heterocycles. The Hall–Kier alpha value is -3.45. The Morgan fingerprint density at radius 3 is 2.47 bits per heavy atom. The van der Waals surface area contributed by atoms with Crippen LogP contribution in [-0.4, -0.2) is 25.9 Å². The van der Waals surface area contributed by atoms with Gasteiger partial charge in [0.1, 0.15) is 11.4 Å². The van der Waals surface area contributed by atoms with Crippen LogP contribution in [0.4, 0.5) is 17.1 Å². The number of anilines is 3. The van der Waals surface area contributed by atoms with Crippen molar-refractivity contribution in [1.29, 1.82) is 0 Å². The Morgan fingerprint density at radius 2 is 1.77 bits per heavy atom. The van der Waals surface area contributed by atoms with Crippen LogP contribution < -0.4 is 21.5 Å². The fourth-order valence-corrected chi connectivity index (χ4v) is 4.15. The summed E-state index contributed by atoms with van der Waals surface area (Å²) in [6.07, 6.45) is 0.307. The molecule has 0 bridgehead atoms. The largest absolute Gasteiger partial charge is 0.465 e. The fourth-order valence-electron chi connectivity index (χ4n) is 3.91. The third kappa shape index (κ3) is 2.90. The second kappa shape index (κ2) is 7.42. The average molecular weight is 425 g/mol. The lowest BCUT2D eigenvalue weighted by Gasteiger charge is -2.16. The van der Waals surface area contributed by atoms with Crippen molar-refractivity contribution in [3.63, 3.8) is 0 Å². The van der Waals surface area contributed by atoms with Gasteiger partial charge in [0.05, 0.1) is 18.6 Å². The minimum Gasteiger partial charge on any atom is -0.465 e. The number of ether oxygens (including phenoxy) is 1. The van der Waals surface area contributed by atoms with Gasteiger partial charge in [-0.3, -0.25) is 14.4 Å². The summed E-state index contributed by atoms with van der Waals surface area (Å²) in [5.74, 6) is -1.37. The van der Waals surface area contributed by atoms with E-state index in [4.69, 9.17) is 16.3 Å². The lowest BCUT2D eigenvalue weighted by atomic mass is 9.91. The van der Waals surface area contributed by atoms with Crippen molar-refractivity contribution < 1.29 is 14.3 Å². The Balaban J connectivity index is 1.78. The van der Waals surface area contributed by atoms with E-state index in [0.717, 1.165) is 0 Å². The van der Waals surface area contributed by atoms with Crippen LogP contribution in [-0.2, 0) is 11.2 Å². The molecular weight excluding hydrogens is 408 g/mol. The van der Waals surface area contributed by atoms with Gasteiger partial charge in [-0.15, -0.1) is 0 Å². The van der Waals surface area contributed by atoms with E-state index in [0.29, 0.717) is 39.4 Å². The minimum absolute atomic E-state index is 0.109. The normalized spacial score (nSPS) is 15.2. The van der Waals surface area contributed by atoms with E-state index in [1.807, 2.05) is 0 Å². The van der Waals surface area contributed by atoms with Crippen LogP contribution >= 0.6 is 11.6 Å². The quantitative estimate of drug-likeness (QED) is 0.479. The predicted octanol–water partition coefficient (Wildman–Crippen LogP) is 3.03. The molecule has 8 heteroatoms. The van der Waals surface area contributed by atoms with Crippen LogP contribution in [0.5, 0.6) is 0 Å². The molecule has 3 aromatic rings. The molecule has 1 aliphatic carbocycles. The van der Waals surface area contributed by atoms with E-state index in [-0.39, 0.29) is 17.2 Å². The summed E-state index contributed by atoms with van der Waals surface area (Å²) in [5.41, 5.74) is 1.25. The summed E-state index contributed by atoms with van der Waals surface area (Å²) in [5, 5.41) is 6.02. The topological polar surface area (TPSA) is 102 Å². The smallest absolute Gasteiger partial charge is 0.338 e. The van der Waals surface area contributed by atoms with Gasteiger partial charge < -0.3 is 15.4 Å². The van der Waals surface area contributed by atoms with Crippen molar-refractivity contribution in [3.8, 4) is 0 Å². The van der Waals surface area contributed by atoms with E-state index < -0.39 is 22.7 Å². The average Bonchev–Trinajstić information content (AvgIpc) is 3.12. The number of fused-ring (bicyclic) bond motifs is 1. The number of hydrogen-bond acceptors (Lipinski definition) is 7. The van der Waals surface area contributed by atoms with Crippen molar-refractivity contribution in [2.24, 2.45) is 0 Å². The van der Waals surface area contributed by atoms with E-state index >= 15 is 0 Å². The number of Topliss-reactive ketones (excluding diaryl/α,β-unsaturated/α-hetero) is 1. The number of carbonyl (C=O) groups excluding carboxylic acids is 2. The minimum atomic E-state index is -0.652. The molecule has 0 spiro atoms. The SMILES string of the molecule is CNc1c(Nc2ccc(Cl)c3c2C(=O)C(c2ccccc2C(=O)OC)C3)c(=O)c1=O. The molecule has 0 aromatic heterocycles. The van der Waals surface area contributed by atoms with Crippen LogP contribution in [0.25, 0.3) is 0 Å². The molecule has 0 radical (unpaired) electrons. The van der Waals surface area contributed by atoms with Gasteiger partial charge in [-0.25, -0.2) is 4.79 Å². The first-order valence-corrected chi connectivity index (χ1v) is 9.57. The molecule has 0 amide bonds. The number of esters is 1. The van der Waals surface area contributed by atoms with Gasteiger partial charge in [0.15, 0.2) is 5.78 Å². The highest BCUT2D eigenvalue weighted by Crippen LogP contribution is 2.43. The zero-order valence-corrected chi connectivity index (χ0v) is 16.9. The molecule has 1 atom stereocenters. The first-order chi connectivity index (χ1) is 14.4. The Kier molecular flexibility index (Phi) is 4.91. The van der Waals surface area contributed by atoms with Gasteiger partial charge in [0, 0.05) is 23.3 Å². The molecule has 1 aliphatic rings. The molecule has 0 fully saturated rings. The summed E-state index contributed by atoms with van der Waals surface area (Å²) in [7, 11) is 2.83. The number of halogens is 1. The summed E-state index contributed by atoms with van der Waals surface area (Å²) in [6, 6.07) is 10.0. The third-order valence-corrected chi connectivity index (χ3v) is 5.74. The molecular formula is C22H17ClN2O5. The van der Waals surface area contributed by atoms with E-state index in [1.54, 1.807) is 43.4 Å². The molecule has 4 rings (SSSR count). The van der Waals surface area contributed by atoms with Crippen molar-refractivity contribution >= 4 is 40.4 Å². The van der Waals surface area contributed by atoms with E-state index in [9.17, 15) is 19.2 Å². The third-order valence-electron chi connectivity index (χ3n) is 5.39. The molecule has 3 aromatic carbocycles. The molecule has 7 nitrogen and oxygen atoms in total. The Labute approximate surface area is 176 Å². The van der Waals surface area contributed by atoms with Crippen molar-refractivity contribution in [3.05, 3.63) is 84.1 Å². The van der Waals surface area contributed by atoms with E-state index in [1.165, 1.54) is 7.11 Å². The number of ketones is 1. The van der Waals surface area contributed by atoms with E-state index in [2.05, 4.69) is 10.6 Å². The summed E-state index contributed by atoms with van der Waals surface area (Å²) < 4.78 is 4.85. The first-order valence-electron chi connectivity index (χ1n) is 9.20. The maximum absolute atomic E-state index is 13.4. The van der Waals surface area contributed by atoms with Crippen molar-refractivity contribution in [2.75, 3.05) is 24.8 Å². The maximum atomic E-state index is 13.4. The fraction of sp³-hybridized carbons (Fsp3) is 0.182. The second-order valence-corrected chi connectivity index (χ2v) is 7.34. The van der Waals surface area contributed by atoms with Gasteiger partial charge in [-0.05, 0) is 35.7 Å². The van der Waals surface area contributed by atoms with Gasteiger partial charge in [0.25, 0.3) is 10.9 Å². The molecule has 2 N–H and O–H groups in total. The Bertz CT molecular complexity index is 1270. The highest BCUT2D eigenvalue weighted by molar-refractivity contribution is 6.32. The molecule has 1 unspecified atom stereocenters. The zero-order chi connectivity index (χ0) is 21.6. The lowest BCUT2D eigenvalue weighted by molar-refractivity contribution is 0.0599. The van der Waals surface area contributed by atoms with Gasteiger partial charge in [-0.2, -0.15) is 0 Å². The van der Waals surface area contributed by atoms with Gasteiger partial charge in [0.2, 0.25) is 0 Å². The van der Waals surface area contributed by atoms with Gasteiger partial charge >= 0.3 is 5.97 Å². The van der Waals surface area contributed by atoms with Crippen molar-refractivity contribution in [1.82, 2.24) is 0 Å². The zero-order valence-electron chi connectivity index (χ0n) is 16.2. The number of nitrogens with one attached hydrogen (secondary N) is 2. The monoisotopic (exact) mass is 424 g/mol. The van der Waals surface area contributed by atoms with Crippen LogP contribution in [0, 0.1) is 0 Å². The highest BCUT2D eigenvalue weighted by Gasteiger charge is 2.37. The first kappa shape index (κ1) is 19.8. The van der Waals surface area contributed by atoms with Crippen LogP contribution in [0.1, 0.15) is 37.8 Å². The number of hydrogen-bond donors (Lipinski definition) is 2. The molecule has 152 valence electrons. The van der Waals surface area contributed by atoms with Crippen molar-refractivity contribution in [2.45, 2.75) is 12.3 Å². The number of carbonyl (C=O) groups is 2. The molecule has 0 heterocycles. The van der Waals surface area contributed by atoms with Gasteiger partial charge in [-0.1, -0.05) is 29.8 Å². The molecule has 0 saturated heterocycles. The summed E-state index contributed by atoms with van der Waals surface area (Å²) >= 11 is 6.36. The summed E-state index contributed by atoms with van der Waals surface area (Å²) in [6.45, 7) is 0. The standard InChI is InChI=1S/C22H17ClN2O5/c1-24-17-18(21(28)20(17)27)25-15-8-7-14(23)13-9-12(19(26)16(13)15)10-5-3-4-6-11(10)22(29)30-2/h3-8,12,24-25H,9H2,1-2H3. The number of rotatable bonds is 5. The second-order valence-electron chi connectivity index (χ2n) is 6.93. The maximum Gasteiger partial charge on any atom is 0.338 e. The highest BCUT2D eigenvalue weighted by atomic mass is 35.5. The van der Waals surface area contributed by atoms with Crippen LogP contribution in [0.2, 0.25) is 5.02 Å². The number of benzene rings is 2. The molecule has 0 saturated carbocycles. The van der Waals surface area contributed by atoms with Crippen LogP contribution in [0.15, 0.2) is 46.0 Å². The summed E-state index contributed by atoms with van der Waals surface area (Å²) in [4.78, 5) is 49.2. The van der Waals surface area contributed by atoms with Crippen LogP contribution in [0.3, 0.4) is 0 Å². The number of methoxy groups -OCH3 is 1. The molecule has 30 heavy (non-hydrogen) atoms. The Morgan fingerprint density at radius 1 is 1.07 bits per heavy atom. The predicted molar refractivity (Wildman–Crippen MR) is 114 cm³/mol. The lowest BCUT2D eigenvalue weighted by Crippen LogP contribution is -2.36.